The number of benzene rings is 1. The highest BCUT2D eigenvalue weighted by Gasteiger charge is 2.11. The van der Waals surface area contributed by atoms with E-state index in [9.17, 15) is 4.79 Å². The third kappa shape index (κ3) is 2.32. The molecule has 3 aromatic heterocycles. The molecule has 0 fully saturated rings. The van der Waals surface area contributed by atoms with Crippen LogP contribution in [0.1, 0.15) is 11.3 Å². The van der Waals surface area contributed by atoms with E-state index in [4.69, 9.17) is 4.74 Å². The van der Waals surface area contributed by atoms with Crippen LogP contribution in [-0.2, 0) is 6.54 Å². The van der Waals surface area contributed by atoms with Crippen molar-refractivity contribution in [3.63, 3.8) is 0 Å². The molecule has 0 amide bonds. The minimum absolute atomic E-state index is 0.134. The van der Waals surface area contributed by atoms with Crippen LogP contribution in [0.2, 0.25) is 0 Å². The maximum atomic E-state index is 12.8. The van der Waals surface area contributed by atoms with Crippen molar-refractivity contribution in [2.24, 2.45) is 0 Å². The first-order chi connectivity index (χ1) is 11.7. The molecule has 3 heterocycles. The van der Waals surface area contributed by atoms with E-state index in [-0.39, 0.29) is 5.56 Å². The lowest BCUT2D eigenvalue weighted by atomic mass is 10.2. The van der Waals surface area contributed by atoms with Gasteiger partial charge in [0.05, 0.1) is 31.2 Å². The Labute approximate surface area is 138 Å². The molecule has 6 nitrogen and oxygen atoms in total. The summed E-state index contributed by atoms with van der Waals surface area (Å²) in [5.74, 6) is 0.532. The van der Waals surface area contributed by atoms with E-state index in [0.29, 0.717) is 23.2 Å². The molecular formula is C18H16N4O2. The third-order valence-corrected chi connectivity index (χ3v) is 4.02. The first kappa shape index (κ1) is 14.4. The fourth-order valence-corrected chi connectivity index (χ4v) is 2.86. The van der Waals surface area contributed by atoms with Crippen molar-refractivity contribution < 1.29 is 4.74 Å². The molecule has 0 aliphatic heterocycles. The van der Waals surface area contributed by atoms with E-state index in [0.717, 1.165) is 16.9 Å². The van der Waals surface area contributed by atoms with Gasteiger partial charge in [0.1, 0.15) is 16.8 Å². The molecule has 0 atom stereocenters. The van der Waals surface area contributed by atoms with Crippen LogP contribution in [-0.4, -0.2) is 26.0 Å². The Morgan fingerprint density at radius 3 is 2.88 bits per heavy atom. The number of hydrogen-bond acceptors (Lipinski definition) is 4. The normalized spacial score (nSPS) is 11.2. The number of fused-ring (bicyclic) bond motifs is 2. The molecule has 0 radical (unpaired) electrons. The molecule has 1 aromatic carbocycles. The highest BCUT2D eigenvalue weighted by molar-refractivity contribution is 5.83. The number of nitrogens with zero attached hydrogens (tertiary/aromatic N) is 4. The van der Waals surface area contributed by atoms with E-state index in [2.05, 4.69) is 9.97 Å². The molecule has 0 saturated heterocycles. The van der Waals surface area contributed by atoms with Gasteiger partial charge in [-0.1, -0.05) is 12.1 Å². The summed E-state index contributed by atoms with van der Waals surface area (Å²) in [6, 6.07) is 9.37. The average molecular weight is 320 g/mol. The van der Waals surface area contributed by atoms with Crippen molar-refractivity contribution in [1.82, 2.24) is 18.9 Å². The smallest absolute Gasteiger partial charge is 0.265 e. The van der Waals surface area contributed by atoms with E-state index < -0.39 is 0 Å². The summed E-state index contributed by atoms with van der Waals surface area (Å²) in [7, 11) is 1.55. The van der Waals surface area contributed by atoms with Gasteiger partial charge < -0.3 is 9.14 Å². The topological polar surface area (TPSA) is 61.4 Å². The summed E-state index contributed by atoms with van der Waals surface area (Å²) >= 11 is 0. The van der Waals surface area contributed by atoms with Crippen molar-refractivity contribution in [3.8, 4) is 5.75 Å². The van der Waals surface area contributed by atoms with Gasteiger partial charge in [-0.2, -0.15) is 0 Å². The quantitative estimate of drug-likeness (QED) is 0.581. The van der Waals surface area contributed by atoms with Crippen molar-refractivity contribution >= 4 is 16.6 Å². The highest BCUT2D eigenvalue weighted by Crippen LogP contribution is 2.20. The Hall–Kier alpha value is -3.15. The summed E-state index contributed by atoms with van der Waals surface area (Å²) in [5.41, 5.74) is 3.31. The van der Waals surface area contributed by atoms with Gasteiger partial charge >= 0.3 is 0 Å². The van der Waals surface area contributed by atoms with Gasteiger partial charge in [0.15, 0.2) is 0 Å². The third-order valence-electron chi connectivity index (χ3n) is 4.02. The van der Waals surface area contributed by atoms with Gasteiger partial charge in [0, 0.05) is 12.4 Å². The molecule has 0 spiro atoms. The molecule has 4 aromatic rings. The predicted molar refractivity (Wildman–Crippen MR) is 91.6 cm³/mol. The zero-order valence-corrected chi connectivity index (χ0v) is 13.4. The number of pyridine rings is 1. The zero-order chi connectivity index (χ0) is 16.7. The van der Waals surface area contributed by atoms with Crippen LogP contribution in [0.3, 0.4) is 0 Å². The Morgan fingerprint density at radius 2 is 2.04 bits per heavy atom. The van der Waals surface area contributed by atoms with E-state index >= 15 is 0 Å². The fraction of sp³-hybridized carbons (Fsp3) is 0.167. The van der Waals surface area contributed by atoms with Crippen molar-refractivity contribution in [2.75, 3.05) is 7.11 Å². The first-order valence-electron chi connectivity index (χ1n) is 7.62. The van der Waals surface area contributed by atoms with Crippen LogP contribution < -0.4 is 10.3 Å². The minimum atomic E-state index is -0.134. The van der Waals surface area contributed by atoms with E-state index in [1.165, 1.54) is 0 Å². The lowest BCUT2D eigenvalue weighted by Crippen LogP contribution is -2.21. The number of hydrogen-bond donors (Lipinski definition) is 0. The molecule has 4 rings (SSSR count). The summed E-state index contributed by atoms with van der Waals surface area (Å²) < 4.78 is 8.82. The van der Waals surface area contributed by atoms with Crippen molar-refractivity contribution in [2.45, 2.75) is 13.5 Å². The van der Waals surface area contributed by atoms with Crippen molar-refractivity contribution in [1.29, 1.82) is 0 Å². The Bertz CT molecular complexity index is 1110. The van der Waals surface area contributed by atoms with Gasteiger partial charge in [0.25, 0.3) is 5.56 Å². The summed E-state index contributed by atoms with van der Waals surface area (Å²) in [5, 5.41) is 0.488. The zero-order valence-electron chi connectivity index (χ0n) is 13.4. The SMILES string of the molecule is COc1cccc2ncn(Cc3cn4cc(C)ccc4n3)c(=O)c12. The van der Waals surface area contributed by atoms with Crippen LogP contribution >= 0.6 is 0 Å². The maximum absolute atomic E-state index is 12.8. The lowest BCUT2D eigenvalue weighted by molar-refractivity contribution is 0.419. The second kappa shape index (κ2) is 5.49. The van der Waals surface area contributed by atoms with Gasteiger partial charge in [-0.25, -0.2) is 9.97 Å². The number of rotatable bonds is 3. The molecule has 0 aliphatic rings. The number of methoxy groups -OCH3 is 1. The van der Waals surface area contributed by atoms with Crippen LogP contribution in [0.15, 0.2) is 53.8 Å². The van der Waals surface area contributed by atoms with Gasteiger partial charge in [-0.05, 0) is 30.7 Å². The number of aryl methyl sites for hydroxylation is 1. The summed E-state index contributed by atoms with van der Waals surface area (Å²) in [6.07, 6.45) is 5.50. The molecule has 0 unspecified atom stereocenters. The fourth-order valence-electron chi connectivity index (χ4n) is 2.86. The predicted octanol–water partition coefficient (Wildman–Crippen LogP) is 2.41. The average Bonchev–Trinajstić information content (AvgIpc) is 2.98. The van der Waals surface area contributed by atoms with E-state index in [1.807, 2.05) is 41.9 Å². The monoisotopic (exact) mass is 320 g/mol. The Morgan fingerprint density at radius 1 is 1.17 bits per heavy atom. The van der Waals surface area contributed by atoms with Gasteiger partial charge in [-0.3, -0.25) is 9.36 Å². The largest absolute Gasteiger partial charge is 0.496 e. The molecule has 24 heavy (non-hydrogen) atoms. The summed E-state index contributed by atoms with van der Waals surface area (Å²) in [6.45, 7) is 2.39. The second-order valence-corrected chi connectivity index (χ2v) is 5.74. The minimum Gasteiger partial charge on any atom is -0.496 e. The first-order valence-corrected chi connectivity index (χ1v) is 7.62. The van der Waals surface area contributed by atoms with Crippen LogP contribution in [0.25, 0.3) is 16.6 Å². The number of ether oxygens (including phenoxy) is 1. The van der Waals surface area contributed by atoms with E-state index in [1.54, 1.807) is 30.1 Å². The molecule has 0 aliphatic carbocycles. The molecule has 6 heteroatoms. The molecule has 0 saturated carbocycles. The standard InChI is InChI=1S/C18H16N4O2/c1-12-6-7-16-20-13(9-21(16)8-12)10-22-11-19-14-4-3-5-15(24-2)17(14)18(22)23/h3-9,11H,10H2,1-2H3. The number of imidazole rings is 1. The van der Waals surface area contributed by atoms with Crippen LogP contribution in [0.4, 0.5) is 0 Å². The van der Waals surface area contributed by atoms with Crippen molar-refractivity contribution in [3.05, 3.63) is 70.7 Å². The molecule has 0 bridgehead atoms. The highest BCUT2D eigenvalue weighted by atomic mass is 16.5. The Kier molecular flexibility index (Phi) is 3.30. The summed E-state index contributed by atoms with van der Waals surface area (Å²) in [4.78, 5) is 21.7. The maximum Gasteiger partial charge on any atom is 0.265 e. The van der Waals surface area contributed by atoms with Crippen LogP contribution in [0, 0.1) is 6.92 Å². The van der Waals surface area contributed by atoms with Gasteiger partial charge in [0.2, 0.25) is 0 Å². The Balaban J connectivity index is 1.81. The lowest BCUT2D eigenvalue weighted by Gasteiger charge is -2.07. The van der Waals surface area contributed by atoms with Gasteiger partial charge in [-0.15, -0.1) is 0 Å². The van der Waals surface area contributed by atoms with Crippen LogP contribution in [0.5, 0.6) is 5.75 Å². The second-order valence-electron chi connectivity index (χ2n) is 5.74. The molecular weight excluding hydrogens is 304 g/mol. The molecule has 0 N–H and O–H groups in total. The number of aromatic nitrogens is 4. The molecule has 120 valence electrons.